The second-order valence-electron chi connectivity index (χ2n) is 12.8. The Morgan fingerprint density at radius 3 is 2.57 bits per heavy atom. The smallest absolute Gasteiger partial charge is 0.282 e. The fourth-order valence-corrected chi connectivity index (χ4v) is 7.64. The number of nitriles is 1. The number of rotatable bonds is 10. The minimum absolute atomic E-state index is 0.0517. The van der Waals surface area contributed by atoms with Crippen molar-refractivity contribution in [2.45, 2.75) is 95.9 Å². The second kappa shape index (κ2) is 15.6. The van der Waals surface area contributed by atoms with Crippen molar-refractivity contribution in [2.75, 3.05) is 33.3 Å². The molecule has 7 nitrogen and oxygen atoms in total. The highest BCUT2D eigenvalue weighted by Crippen LogP contribution is 2.51. The summed E-state index contributed by atoms with van der Waals surface area (Å²) in [5.74, 6) is -0.423. The number of hydrogen-bond donors (Lipinski definition) is 0. The molecule has 3 saturated heterocycles. The summed E-state index contributed by atoms with van der Waals surface area (Å²) < 4.78 is 34.9. The molecule has 1 saturated carbocycles. The average Bonchev–Trinajstić information content (AvgIpc) is 3.41. The number of piperazine rings is 1. The Labute approximate surface area is 278 Å². The molecule has 3 unspecified atom stereocenters. The molecule has 0 N–H and O–H groups in total. The summed E-state index contributed by atoms with van der Waals surface area (Å²) in [7, 11) is 1.94. The van der Waals surface area contributed by atoms with Gasteiger partial charge in [0.25, 0.3) is 5.91 Å². The SMILES string of the molecule is C=C(/N=C(\C1=C(C)CC(CCc2ccccc2Cl)CC1)N1CCN(C(=O)C(=C)F)C(CC#N)C1)OCC1N(C)C2CC1(F)C2.CC. The van der Waals surface area contributed by atoms with Crippen molar-refractivity contribution in [1.29, 1.82) is 5.26 Å². The van der Waals surface area contributed by atoms with Crippen LogP contribution in [0.5, 0.6) is 0 Å². The summed E-state index contributed by atoms with van der Waals surface area (Å²) in [5.41, 5.74) is 2.25. The van der Waals surface area contributed by atoms with E-state index in [1.54, 1.807) is 0 Å². The molecule has 3 aliphatic heterocycles. The number of ether oxygens (including phenoxy) is 1. The van der Waals surface area contributed by atoms with E-state index in [2.05, 4.69) is 42.0 Å². The van der Waals surface area contributed by atoms with Crippen LogP contribution in [0.25, 0.3) is 0 Å². The van der Waals surface area contributed by atoms with Crippen molar-refractivity contribution in [3.05, 3.63) is 70.9 Å². The Balaban J connectivity index is 0.00000235. The first kappa shape index (κ1) is 35.6. The fraction of sp³-hybridized carbons (Fsp3) is 0.583. The molecule has 0 spiro atoms. The van der Waals surface area contributed by atoms with Crippen LogP contribution in [0.3, 0.4) is 0 Å². The molecule has 0 radical (unpaired) electrons. The lowest BCUT2D eigenvalue weighted by Crippen LogP contribution is -2.57. The van der Waals surface area contributed by atoms with Crippen LogP contribution in [0.2, 0.25) is 5.02 Å². The van der Waals surface area contributed by atoms with Crippen LogP contribution in [-0.2, 0) is 16.0 Å². The molecule has 1 aromatic carbocycles. The van der Waals surface area contributed by atoms with Crippen molar-refractivity contribution in [1.82, 2.24) is 14.7 Å². The zero-order chi connectivity index (χ0) is 33.6. The highest BCUT2D eigenvalue weighted by atomic mass is 35.5. The molecule has 3 atom stereocenters. The minimum Gasteiger partial charge on any atom is -0.476 e. The van der Waals surface area contributed by atoms with Gasteiger partial charge >= 0.3 is 0 Å². The predicted molar refractivity (Wildman–Crippen MR) is 180 cm³/mol. The molecule has 5 aliphatic rings. The molecule has 3 heterocycles. The van der Waals surface area contributed by atoms with Gasteiger partial charge in [-0.15, -0.1) is 0 Å². The fourth-order valence-electron chi connectivity index (χ4n) is 7.41. The number of amidine groups is 1. The number of hydrogen-bond acceptors (Lipinski definition) is 5. The zero-order valence-corrected chi connectivity index (χ0v) is 28.5. The van der Waals surface area contributed by atoms with E-state index in [1.165, 1.54) is 10.5 Å². The van der Waals surface area contributed by atoms with Gasteiger partial charge in [-0.25, -0.2) is 8.78 Å². The molecule has 6 rings (SSSR count). The summed E-state index contributed by atoms with van der Waals surface area (Å²) in [6, 6.07) is 9.51. The van der Waals surface area contributed by atoms with E-state index in [-0.39, 0.29) is 37.5 Å². The van der Waals surface area contributed by atoms with Gasteiger partial charge in [0.05, 0.1) is 24.6 Å². The van der Waals surface area contributed by atoms with Gasteiger partial charge in [0, 0.05) is 30.7 Å². The van der Waals surface area contributed by atoms with E-state index in [1.807, 2.05) is 39.1 Å². The van der Waals surface area contributed by atoms with Crippen LogP contribution in [0.4, 0.5) is 8.78 Å². The number of halogens is 3. The molecule has 2 aliphatic carbocycles. The molecule has 46 heavy (non-hydrogen) atoms. The van der Waals surface area contributed by atoms with Gasteiger partial charge in [-0.2, -0.15) is 10.3 Å². The number of amides is 1. The molecule has 2 bridgehead atoms. The first-order chi connectivity index (χ1) is 22.0. The van der Waals surface area contributed by atoms with Crippen LogP contribution < -0.4 is 0 Å². The third kappa shape index (κ3) is 7.83. The number of carbonyl (C=O) groups is 1. The number of fused-ring (bicyclic) bond motifs is 1. The molecule has 1 aromatic rings. The molecule has 10 heteroatoms. The monoisotopic (exact) mass is 655 g/mol. The van der Waals surface area contributed by atoms with Gasteiger partial charge in [-0.05, 0) is 88.6 Å². The minimum atomic E-state index is -1.22. The highest BCUT2D eigenvalue weighted by molar-refractivity contribution is 6.31. The third-order valence-corrected chi connectivity index (χ3v) is 10.4. The number of allylic oxidation sites excluding steroid dienone is 1. The van der Waals surface area contributed by atoms with Crippen LogP contribution in [0, 0.1) is 17.2 Å². The summed E-state index contributed by atoms with van der Waals surface area (Å²) in [5, 5.41) is 10.3. The molecule has 250 valence electrons. The topological polar surface area (TPSA) is 72.2 Å². The van der Waals surface area contributed by atoms with Crippen molar-refractivity contribution in [3.8, 4) is 6.07 Å². The quantitative estimate of drug-likeness (QED) is 0.114. The Morgan fingerprint density at radius 1 is 1.24 bits per heavy atom. The maximum absolute atomic E-state index is 15.1. The Bertz CT molecular complexity index is 1400. The van der Waals surface area contributed by atoms with Crippen LogP contribution in [0.15, 0.2) is 65.3 Å². The first-order valence-electron chi connectivity index (χ1n) is 16.5. The van der Waals surface area contributed by atoms with E-state index < -0.39 is 23.4 Å². The molecule has 4 fully saturated rings. The summed E-state index contributed by atoms with van der Waals surface area (Å²) in [6.45, 7) is 14.5. The molecule has 1 amide bonds. The number of aliphatic imine (C=N–C) groups is 1. The van der Waals surface area contributed by atoms with Crippen LogP contribution in [0.1, 0.15) is 71.3 Å². The Hall–Kier alpha value is -3.22. The zero-order valence-electron chi connectivity index (χ0n) is 27.7. The van der Waals surface area contributed by atoms with Gasteiger partial charge in [-0.1, -0.05) is 55.8 Å². The van der Waals surface area contributed by atoms with Crippen molar-refractivity contribution in [2.24, 2.45) is 10.9 Å². The second-order valence-corrected chi connectivity index (χ2v) is 13.2. The molecular weight excluding hydrogens is 608 g/mol. The largest absolute Gasteiger partial charge is 0.476 e. The van der Waals surface area contributed by atoms with E-state index in [0.717, 1.165) is 48.3 Å². The number of aryl methyl sites for hydroxylation is 1. The van der Waals surface area contributed by atoms with E-state index in [4.69, 9.17) is 21.3 Å². The van der Waals surface area contributed by atoms with E-state index in [0.29, 0.717) is 37.7 Å². The number of carbonyl (C=O) groups excluding carboxylic acids is 1. The van der Waals surface area contributed by atoms with Crippen molar-refractivity contribution in [3.63, 3.8) is 0 Å². The number of nitrogens with zero attached hydrogens (tertiary/aromatic N) is 5. The van der Waals surface area contributed by atoms with Gasteiger partial charge in [0.1, 0.15) is 18.1 Å². The lowest BCUT2D eigenvalue weighted by Gasteiger charge is -2.42. The maximum Gasteiger partial charge on any atom is 0.282 e. The van der Waals surface area contributed by atoms with E-state index in [9.17, 15) is 14.4 Å². The molecule has 0 aromatic heterocycles. The van der Waals surface area contributed by atoms with Crippen LogP contribution in [-0.4, -0.2) is 83.5 Å². The van der Waals surface area contributed by atoms with Gasteiger partial charge < -0.3 is 14.5 Å². The number of likely N-dealkylation sites (N-methyl/N-ethyl adjacent to an activating group) is 1. The van der Waals surface area contributed by atoms with E-state index >= 15 is 4.39 Å². The predicted octanol–water partition coefficient (Wildman–Crippen LogP) is 7.40. The van der Waals surface area contributed by atoms with Gasteiger partial charge in [0.15, 0.2) is 5.83 Å². The first-order valence-corrected chi connectivity index (χ1v) is 16.9. The standard InChI is InChI=1S/C34H42ClF2N5O2.C2H6/c1-22-17-25(9-11-26-7-5-6-8-30(26)35)10-12-29(22)32(39-24(3)44-21-31-34(37)18-28(19-34)40(31)4)41-15-16-42(33(43)23(2)36)27(20-41)13-14-38;1-2/h5-8,25,27-28,31H,2-3,9-13,15-21H2,1,4H3;1-2H3/b39-32+;. The maximum atomic E-state index is 15.1. The highest BCUT2D eigenvalue weighted by Gasteiger charge is 2.62. The van der Waals surface area contributed by atoms with Crippen molar-refractivity contribution >= 4 is 23.3 Å². The normalized spacial score (nSPS) is 27.7. The number of benzene rings is 1. The number of alkyl halides is 1. The average molecular weight is 656 g/mol. The van der Waals surface area contributed by atoms with Gasteiger partial charge in [-0.3, -0.25) is 9.69 Å². The lowest BCUT2D eigenvalue weighted by molar-refractivity contribution is -0.132. The van der Waals surface area contributed by atoms with Crippen molar-refractivity contribution < 1.29 is 18.3 Å². The summed E-state index contributed by atoms with van der Waals surface area (Å²) >= 11 is 6.40. The Kier molecular flexibility index (Phi) is 12.1. The lowest BCUT2D eigenvalue weighted by atomic mass is 9.80. The molecular formula is C36H48ClF2N5O2. The van der Waals surface area contributed by atoms with Crippen LogP contribution >= 0.6 is 11.6 Å². The summed E-state index contributed by atoms with van der Waals surface area (Å²) in [6.07, 6.45) is 5.75. The summed E-state index contributed by atoms with van der Waals surface area (Å²) in [4.78, 5) is 22.9. The Morgan fingerprint density at radius 2 is 1.96 bits per heavy atom. The van der Waals surface area contributed by atoms with Gasteiger partial charge in [0.2, 0.25) is 5.88 Å². The third-order valence-electron chi connectivity index (χ3n) is 10.0.